The number of hydrogen-bond acceptors (Lipinski definition) is 3. The Balaban J connectivity index is 1.95. The van der Waals surface area contributed by atoms with Gasteiger partial charge in [0.05, 0.1) is 17.6 Å². The van der Waals surface area contributed by atoms with Gasteiger partial charge in [-0.05, 0) is 30.9 Å². The van der Waals surface area contributed by atoms with Gasteiger partial charge in [-0.15, -0.1) is 0 Å². The maximum atomic E-state index is 5.95. The molecule has 0 bridgehead atoms. The van der Waals surface area contributed by atoms with E-state index in [1.807, 2.05) is 30.0 Å². The van der Waals surface area contributed by atoms with Crippen molar-refractivity contribution in [3.8, 4) is 0 Å². The monoisotopic (exact) mass is 283 g/mol. The van der Waals surface area contributed by atoms with Crippen molar-refractivity contribution in [3.05, 3.63) is 29.0 Å². The summed E-state index contributed by atoms with van der Waals surface area (Å²) in [5.74, 6) is 3.25. The molecule has 2 rings (SSSR count). The Kier molecular flexibility index (Phi) is 4.92. The number of nitrogens with zero attached hydrogens (tertiary/aromatic N) is 1. The normalized spacial score (nSPS) is 13.1. The van der Waals surface area contributed by atoms with Crippen LogP contribution < -0.4 is 5.32 Å². The second-order valence-electron chi connectivity index (χ2n) is 4.29. The first-order chi connectivity index (χ1) is 8.69. The van der Waals surface area contributed by atoms with Gasteiger partial charge >= 0.3 is 0 Å². The number of aromatic amines is 1. The zero-order valence-electron chi connectivity index (χ0n) is 10.7. The molecule has 0 spiro atoms. The van der Waals surface area contributed by atoms with Crippen molar-refractivity contribution in [1.29, 1.82) is 0 Å². The van der Waals surface area contributed by atoms with E-state index in [4.69, 9.17) is 11.6 Å². The number of imidazole rings is 1. The molecule has 5 heteroatoms. The molecule has 0 aliphatic carbocycles. The van der Waals surface area contributed by atoms with Crippen LogP contribution in [-0.4, -0.2) is 27.5 Å². The number of halogens is 1. The van der Waals surface area contributed by atoms with Crippen molar-refractivity contribution in [3.63, 3.8) is 0 Å². The highest BCUT2D eigenvalue weighted by atomic mass is 35.5. The third-order valence-corrected chi connectivity index (χ3v) is 4.06. The predicted octanol–water partition coefficient (Wildman–Crippen LogP) is 3.45. The summed E-state index contributed by atoms with van der Waals surface area (Å²) in [6, 6.07) is 6.20. The van der Waals surface area contributed by atoms with Crippen LogP contribution in [0.2, 0.25) is 5.02 Å². The van der Waals surface area contributed by atoms with Crippen molar-refractivity contribution in [2.75, 3.05) is 11.5 Å². The first-order valence-corrected chi connectivity index (χ1v) is 7.67. The number of hydrogen-bond donors (Lipinski definition) is 2. The molecule has 0 radical (unpaired) electrons. The summed E-state index contributed by atoms with van der Waals surface area (Å²) >= 11 is 7.89. The molecular formula is C13H18ClN3S. The lowest BCUT2D eigenvalue weighted by molar-refractivity contribution is 0.582. The van der Waals surface area contributed by atoms with E-state index >= 15 is 0 Å². The zero-order valence-corrected chi connectivity index (χ0v) is 12.2. The van der Waals surface area contributed by atoms with Crippen LogP contribution in [0.25, 0.3) is 11.0 Å². The molecule has 0 aliphatic rings. The topological polar surface area (TPSA) is 40.7 Å². The molecule has 1 atom stereocenters. The van der Waals surface area contributed by atoms with Crippen molar-refractivity contribution in [2.24, 2.45) is 0 Å². The Morgan fingerprint density at radius 3 is 3.11 bits per heavy atom. The fraction of sp³-hybridized carbons (Fsp3) is 0.462. The lowest BCUT2D eigenvalue weighted by Gasteiger charge is -2.11. The molecule has 18 heavy (non-hydrogen) atoms. The van der Waals surface area contributed by atoms with Gasteiger partial charge in [0.1, 0.15) is 5.82 Å². The molecule has 2 N–H and O–H groups in total. The minimum Gasteiger partial charge on any atom is -0.341 e. The SMILES string of the molecule is CCSC[C@H](C)NCc1nc2ccc(Cl)cc2[nH]1. The molecule has 0 aliphatic heterocycles. The predicted molar refractivity (Wildman–Crippen MR) is 80.4 cm³/mol. The second-order valence-corrected chi connectivity index (χ2v) is 6.04. The van der Waals surface area contributed by atoms with Gasteiger partial charge in [-0.3, -0.25) is 0 Å². The Morgan fingerprint density at radius 1 is 1.50 bits per heavy atom. The quantitative estimate of drug-likeness (QED) is 0.853. The van der Waals surface area contributed by atoms with E-state index in [1.165, 1.54) is 0 Å². The average molecular weight is 284 g/mol. The van der Waals surface area contributed by atoms with Crippen molar-refractivity contribution in [1.82, 2.24) is 15.3 Å². The summed E-state index contributed by atoms with van der Waals surface area (Å²) in [6.45, 7) is 5.14. The van der Waals surface area contributed by atoms with Crippen LogP contribution in [0, 0.1) is 0 Å². The Morgan fingerprint density at radius 2 is 2.33 bits per heavy atom. The smallest absolute Gasteiger partial charge is 0.121 e. The van der Waals surface area contributed by atoms with Crippen LogP contribution in [0.15, 0.2) is 18.2 Å². The molecule has 3 nitrogen and oxygen atoms in total. The van der Waals surface area contributed by atoms with Gasteiger partial charge < -0.3 is 10.3 Å². The van der Waals surface area contributed by atoms with Gasteiger partial charge in [0, 0.05) is 16.8 Å². The molecule has 1 heterocycles. The summed E-state index contributed by atoms with van der Waals surface area (Å²) < 4.78 is 0. The van der Waals surface area contributed by atoms with Crippen molar-refractivity contribution in [2.45, 2.75) is 26.4 Å². The van der Waals surface area contributed by atoms with Gasteiger partial charge in [-0.25, -0.2) is 4.98 Å². The maximum Gasteiger partial charge on any atom is 0.121 e. The number of aromatic nitrogens is 2. The fourth-order valence-electron chi connectivity index (χ4n) is 1.74. The molecule has 0 saturated heterocycles. The van der Waals surface area contributed by atoms with Crippen LogP contribution in [0.5, 0.6) is 0 Å². The molecule has 0 amide bonds. The number of benzene rings is 1. The standard InChI is InChI=1S/C13H18ClN3S/c1-3-18-8-9(2)15-7-13-16-11-5-4-10(14)6-12(11)17-13/h4-6,9,15H,3,7-8H2,1-2H3,(H,16,17)/t9-/m0/s1. The highest BCUT2D eigenvalue weighted by Gasteiger charge is 2.05. The van der Waals surface area contributed by atoms with Crippen molar-refractivity contribution < 1.29 is 0 Å². The zero-order chi connectivity index (χ0) is 13.0. The molecule has 0 fully saturated rings. The summed E-state index contributed by atoms with van der Waals surface area (Å²) in [6.07, 6.45) is 0. The molecule has 1 aromatic heterocycles. The van der Waals surface area contributed by atoms with E-state index in [-0.39, 0.29) is 0 Å². The van der Waals surface area contributed by atoms with Gasteiger partial charge in [0.15, 0.2) is 0 Å². The average Bonchev–Trinajstić information content (AvgIpc) is 2.75. The highest BCUT2D eigenvalue weighted by Crippen LogP contribution is 2.17. The van der Waals surface area contributed by atoms with E-state index in [9.17, 15) is 0 Å². The van der Waals surface area contributed by atoms with Gasteiger partial charge in [-0.1, -0.05) is 18.5 Å². The number of rotatable bonds is 6. The lowest BCUT2D eigenvalue weighted by atomic mass is 10.3. The first kappa shape index (κ1) is 13.7. The summed E-state index contributed by atoms with van der Waals surface area (Å²) in [5, 5.41) is 4.20. The van der Waals surface area contributed by atoms with E-state index in [2.05, 4.69) is 29.1 Å². The van der Waals surface area contributed by atoms with E-state index in [0.717, 1.165) is 39.9 Å². The number of thioether (sulfide) groups is 1. The molecule has 2 aromatic rings. The summed E-state index contributed by atoms with van der Waals surface area (Å²) in [5.41, 5.74) is 1.96. The van der Waals surface area contributed by atoms with Crippen LogP contribution >= 0.6 is 23.4 Å². The number of nitrogens with one attached hydrogen (secondary N) is 2. The van der Waals surface area contributed by atoms with E-state index in [1.54, 1.807) is 0 Å². The largest absolute Gasteiger partial charge is 0.341 e. The Labute approximate surface area is 117 Å². The Hall–Kier alpha value is -0.710. The molecule has 0 unspecified atom stereocenters. The molecule has 1 aromatic carbocycles. The highest BCUT2D eigenvalue weighted by molar-refractivity contribution is 7.99. The van der Waals surface area contributed by atoms with Gasteiger partial charge in [-0.2, -0.15) is 11.8 Å². The molecular weight excluding hydrogens is 266 g/mol. The first-order valence-electron chi connectivity index (χ1n) is 6.14. The van der Waals surface area contributed by atoms with Crippen LogP contribution in [0.3, 0.4) is 0 Å². The van der Waals surface area contributed by atoms with Gasteiger partial charge in [0.25, 0.3) is 0 Å². The maximum absolute atomic E-state index is 5.95. The third-order valence-electron chi connectivity index (χ3n) is 2.68. The van der Waals surface area contributed by atoms with E-state index in [0.29, 0.717) is 6.04 Å². The fourth-order valence-corrected chi connectivity index (χ4v) is 2.62. The van der Waals surface area contributed by atoms with E-state index < -0.39 is 0 Å². The molecule has 98 valence electrons. The second kappa shape index (κ2) is 6.45. The number of fused-ring (bicyclic) bond motifs is 1. The third kappa shape index (κ3) is 3.64. The summed E-state index contributed by atoms with van der Waals surface area (Å²) in [7, 11) is 0. The lowest BCUT2D eigenvalue weighted by Crippen LogP contribution is -2.28. The summed E-state index contributed by atoms with van der Waals surface area (Å²) in [4.78, 5) is 7.81. The van der Waals surface area contributed by atoms with Crippen molar-refractivity contribution >= 4 is 34.4 Å². The van der Waals surface area contributed by atoms with Crippen LogP contribution in [-0.2, 0) is 6.54 Å². The number of H-pyrrole nitrogens is 1. The van der Waals surface area contributed by atoms with Gasteiger partial charge in [0.2, 0.25) is 0 Å². The van der Waals surface area contributed by atoms with Crippen LogP contribution in [0.4, 0.5) is 0 Å². The Bertz CT molecular complexity index is 512. The minimum absolute atomic E-state index is 0.492. The van der Waals surface area contributed by atoms with Crippen LogP contribution in [0.1, 0.15) is 19.7 Å². The minimum atomic E-state index is 0.492. The molecule has 0 saturated carbocycles.